The van der Waals surface area contributed by atoms with Gasteiger partial charge < -0.3 is 15.5 Å². The monoisotopic (exact) mass is 268 g/mol. The van der Waals surface area contributed by atoms with Crippen molar-refractivity contribution in [3.63, 3.8) is 0 Å². The summed E-state index contributed by atoms with van der Waals surface area (Å²) in [5.41, 5.74) is -0.162. The molecule has 2 aliphatic rings. The number of nitrogens with zero attached hydrogens (tertiary/aromatic N) is 2. The number of carbonyl (C=O) groups is 1. The molecule has 0 spiro atoms. The fourth-order valence-electron chi connectivity index (χ4n) is 2.75. The Hall–Kier alpha value is -0.810. The van der Waals surface area contributed by atoms with Gasteiger partial charge in [0.25, 0.3) is 0 Å². The highest BCUT2D eigenvalue weighted by atomic mass is 16.2. The molecule has 1 heterocycles. The first kappa shape index (κ1) is 14.6. The van der Waals surface area contributed by atoms with Gasteiger partial charge in [0.15, 0.2) is 0 Å². The third-order valence-electron chi connectivity index (χ3n) is 3.99. The number of amides is 2. The number of urea groups is 1. The summed E-state index contributed by atoms with van der Waals surface area (Å²) in [6.07, 6.45) is 2.20. The van der Waals surface area contributed by atoms with Crippen molar-refractivity contribution in [2.45, 2.75) is 51.2 Å². The summed E-state index contributed by atoms with van der Waals surface area (Å²) in [4.78, 5) is 16.7. The van der Waals surface area contributed by atoms with Crippen LogP contribution in [-0.4, -0.2) is 66.7 Å². The van der Waals surface area contributed by atoms with Gasteiger partial charge in [0.1, 0.15) is 0 Å². The Morgan fingerprint density at radius 1 is 1.11 bits per heavy atom. The van der Waals surface area contributed by atoms with Crippen molar-refractivity contribution in [3.8, 4) is 0 Å². The highest BCUT2D eigenvalue weighted by molar-refractivity contribution is 5.75. The summed E-state index contributed by atoms with van der Waals surface area (Å²) in [5.74, 6) is 0. The molecular formula is C14H28N4O. The van der Waals surface area contributed by atoms with Crippen LogP contribution >= 0.6 is 0 Å². The molecule has 1 saturated heterocycles. The van der Waals surface area contributed by atoms with Crippen LogP contribution < -0.4 is 10.6 Å². The highest BCUT2D eigenvalue weighted by Crippen LogP contribution is 2.26. The molecule has 1 aliphatic heterocycles. The van der Waals surface area contributed by atoms with Crippen molar-refractivity contribution in [1.29, 1.82) is 0 Å². The van der Waals surface area contributed by atoms with Crippen molar-refractivity contribution in [2.24, 2.45) is 0 Å². The quantitative estimate of drug-likeness (QED) is 0.781. The van der Waals surface area contributed by atoms with Crippen LogP contribution in [0.2, 0.25) is 0 Å². The Morgan fingerprint density at radius 2 is 1.68 bits per heavy atom. The molecule has 0 bridgehead atoms. The molecule has 0 unspecified atom stereocenters. The first-order chi connectivity index (χ1) is 8.83. The fraction of sp³-hybridized carbons (Fsp3) is 0.929. The molecule has 2 amide bonds. The van der Waals surface area contributed by atoms with Crippen LogP contribution in [0.3, 0.4) is 0 Å². The Bertz CT molecular complexity index is 312. The van der Waals surface area contributed by atoms with E-state index in [2.05, 4.69) is 27.5 Å². The van der Waals surface area contributed by atoms with Gasteiger partial charge in [-0.05, 0) is 40.7 Å². The van der Waals surface area contributed by atoms with E-state index >= 15 is 0 Å². The van der Waals surface area contributed by atoms with E-state index < -0.39 is 0 Å². The standard InChI is InChI=1S/C14H28N4O/c1-14(2,3)16-13(19)15-11-9-12(10-11)18-7-5-17(4)6-8-18/h11-12H,5-10H2,1-4H3,(H2,15,16,19). The minimum Gasteiger partial charge on any atom is -0.335 e. The lowest BCUT2D eigenvalue weighted by Crippen LogP contribution is -2.60. The SMILES string of the molecule is CN1CCN(C2CC(NC(=O)NC(C)(C)C)C2)CC1. The van der Waals surface area contributed by atoms with Gasteiger partial charge in [-0.2, -0.15) is 0 Å². The Kier molecular flexibility index (Phi) is 4.36. The molecule has 5 heteroatoms. The summed E-state index contributed by atoms with van der Waals surface area (Å²) in [6.45, 7) is 10.7. The second-order valence-corrected chi connectivity index (χ2v) is 7.01. The first-order valence-corrected chi connectivity index (χ1v) is 7.35. The average Bonchev–Trinajstić information content (AvgIpc) is 2.22. The molecule has 110 valence electrons. The van der Waals surface area contributed by atoms with Crippen molar-refractivity contribution in [2.75, 3.05) is 33.2 Å². The minimum absolute atomic E-state index is 0.0330. The number of likely N-dealkylation sites (N-methyl/N-ethyl adjacent to an activating group) is 1. The van der Waals surface area contributed by atoms with Gasteiger partial charge in [-0.1, -0.05) is 0 Å². The molecule has 5 nitrogen and oxygen atoms in total. The first-order valence-electron chi connectivity index (χ1n) is 7.35. The molecule has 2 fully saturated rings. The lowest BCUT2D eigenvalue weighted by molar-refractivity contribution is 0.0553. The summed E-state index contributed by atoms with van der Waals surface area (Å²) >= 11 is 0. The average molecular weight is 268 g/mol. The van der Waals surface area contributed by atoms with E-state index in [0.717, 1.165) is 12.8 Å². The second-order valence-electron chi connectivity index (χ2n) is 7.01. The number of hydrogen-bond acceptors (Lipinski definition) is 3. The molecule has 0 radical (unpaired) electrons. The smallest absolute Gasteiger partial charge is 0.315 e. The van der Waals surface area contributed by atoms with Crippen molar-refractivity contribution in [1.82, 2.24) is 20.4 Å². The molecule has 0 aromatic rings. The van der Waals surface area contributed by atoms with Crippen LogP contribution in [0.25, 0.3) is 0 Å². The number of rotatable bonds is 2. The number of piperazine rings is 1. The van der Waals surface area contributed by atoms with Gasteiger partial charge in [0.2, 0.25) is 0 Å². The Balaban J connectivity index is 1.65. The van der Waals surface area contributed by atoms with Gasteiger partial charge in [-0.3, -0.25) is 4.90 Å². The van der Waals surface area contributed by atoms with Gasteiger partial charge in [-0.25, -0.2) is 4.79 Å². The summed E-state index contributed by atoms with van der Waals surface area (Å²) in [5, 5.41) is 6.01. The third kappa shape index (κ3) is 4.35. The third-order valence-corrected chi connectivity index (χ3v) is 3.99. The zero-order chi connectivity index (χ0) is 14.0. The lowest BCUT2D eigenvalue weighted by Gasteiger charge is -2.46. The molecule has 0 aromatic carbocycles. The molecule has 1 aliphatic carbocycles. The van der Waals surface area contributed by atoms with E-state index in [1.54, 1.807) is 0 Å². The zero-order valence-corrected chi connectivity index (χ0v) is 12.7. The maximum atomic E-state index is 11.7. The van der Waals surface area contributed by atoms with Gasteiger partial charge in [0, 0.05) is 43.8 Å². The van der Waals surface area contributed by atoms with Crippen LogP contribution in [0.5, 0.6) is 0 Å². The number of hydrogen-bond donors (Lipinski definition) is 2. The zero-order valence-electron chi connectivity index (χ0n) is 12.7. The van der Waals surface area contributed by atoms with E-state index in [1.807, 2.05) is 20.8 Å². The predicted octanol–water partition coefficient (Wildman–Crippen LogP) is 0.863. The fourth-order valence-corrected chi connectivity index (χ4v) is 2.75. The summed E-state index contributed by atoms with van der Waals surface area (Å²) in [6, 6.07) is 0.995. The number of nitrogens with one attached hydrogen (secondary N) is 2. The van der Waals surface area contributed by atoms with Crippen LogP contribution in [0.4, 0.5) is 4.79 Å². The molecule has 0 atom stereocenters. The second kappa shape index (κ2) is 5.67. The topological polar surface area (TPSA) is 47.6 Å². The molecule has 0 aromatic heterocycles. The molecule has 2 rings (SSSR count). The largest absolute Gasteiger partial charge is 0.335 e. The van der Waals surface area contributed by atoms with Crippen LogP contribution in [-0.2, 0) is 0 Å². The minimum atomic E-state index is -0.162. The van der Waals surface area contributed by atoms with E-state index in [4.69, 9.17) is 0 Å². The Morgan fingerprint density at radius 3 is 2.21 bits per heavy atom. The predicted molar refractivity (Wildman–Crippen MR) is 77.3 cm³/mol. The van der Waals surface area contributed by atoms with Crippen LogP contribution in [0.1, 0.15) is 33.6 Å². The highest BCUT2D eigenvalue weighted by Gasteiger charge is 2.35. The van der Waals surface area contributed by atoms with E-state index in [0.29, 0.717) is 12.1 Å². The van der Waals surface area contributed by atoms with E-state index in [-0.39, 0.29) is 11.6 Å². The maximum absolute atomic E-state index is 11.7. The summed E-state index contributed by atoms with van der Waals surface area (Å²) < 4.78 is 0. The van der Waals surface area contributed by atoms with E-state index in [9.17, 15) is 4.79 Å². The van der Waals surface area contributed by atoms with E-state index in [1.165, 1.54) is 26.2 Å². The summed E-state index contributed by atoms with van der Waals surface area (Å²) in [7, 11) is 2.18. The molecule has 1 saturated carbocycles. The van der Waals surface area contributed by atoms with Crippen LogP contribution in [0.15, 0.2) is 0 Å². The van der Waals surface area contributed by atoms with Gasteiger partial charge >= 0.3 is 6.03 Å². The molecule has 19 heavy (non-hydrogen) atoms. The van der Waals surface area contributed by atoms with Crippen LogP contribution in [0, 0.1) is 0 Å². The van der Waals surface area contributed by atoms with Gasteiger partial charge in [0.05, 0.1) is 0 Å². The van der Waals surface area contributed by atoms with Crippen molar-refractivity contribution >= 4 is 6.03 Å². The van der Waals surface area contributed by atoms with Crippen molar-refractivity contribution < 1.29 is 4.79 Å². The Labute approximate surface area is 116 Å². The normalized spacial score (nSPS) is 29.7. The van der Waals surface area contributed by atoms with Gasteiger partial charge in [-0.15, -0.1) is 0 Å². The van der Waals surface area contributed by atoms with Crippen molar-refractivity contribution in [3.05, 3.63) is 0 Å². The maximum Gasteiger partial charge on any atom is 0.315 e. The number of carbonyl (C=O) groups excluding carboxylic acids is 1. The molecular weight excluding hydrogens is 240 g/mol. The molecule has 2 N–H and O–H groups in total. The lowest BCUT2D eigenvalue weighted by atomic mass is 9.85.